The van der Waals surface area contributed by atoms with Crippen molar-refractivity contribution >= 4 is 11.9 Å². The number of halogens is 3. The van der Waals surface area contributed by atoms with Gasteiger partial charge < -0.3 is 15.5 Å². The Balaban J connectivity index is 3.00. The van der Waals surface area contributed by atoms with Crippen molar-refractivity contribution in [1.82, 2.24) is 15.5 Å². The molecule has 2 N–H and O–H groups in total. The van der Waals surface area contributed by atoms with Gasteiger partial charge in [0, 0.05) is 32.6 Å². The molecule has 0 heterocycles. The summed E-state index contributed by atoms with van der Waals surface area (Å²) in [6.07, 6.45) is -4.42. The predicted molar refractivity (Wildman–Crippen MR) is 106 cm³/mol. The van der Waals surface area contributed by atoms with E-state index < -0.39 is 17.7 Å². The van der Waals surface area contributed by atoms with Crippen LogP contribution in [0.2, 0.25) is 0 Å². The van der Waals surface area contributed by atoms with Crippen molar-refractivity contribution in [2.24, 2.45) is 4.99 Å². The van der Waals surface area contributed by atoms with Gasteiger partial charge in [0.15, 0.2) is 5.96 Å². The van der Waals surface area contributed by atoms with E-state index >= 15 is 0 Å². The van der Waals surface area contributed by atoms with E-state index in [1.165, 1.54) is 17.0 Å². The fourth-order valence-corrected chi connectivity index (χ4v) is 2.44. The minimum absolute atomic E-state index is 0.0707. The molecule has 0 aromatic heterocycles. The molecule has 0 fully saturated rings. The zero-order valence-electron chi connectivity index (χ0n) is 17.0. The first-order valence-electron chi connectivity index (χ1n) is 8.99. The summed E-state index contributed by atoms with van der Waals surface area (Å²) in [5, 5.41) is 6.15. The zero-order valence-corrected chi connectivity index (χ0v) is 17.0. The molecule has 0 bridgehead atoms. The second-order valence-electron chi connectivity index (χ2n) is 7.07. The normalized spacial score (nSPS) is 14.2. The first-order chi connectivity index (χ1) is 12.9. The van der Waals surface area contributed by atoms with E-state index in [-0.39, 0.29) is 24.1 Å². The number of rotatable bonds is 7. The Morgan fingerprint density at radius 3 is 2.39 bits per heavy atom. The summed E-state index contributed by atoms with van der Waals surface area (Å²) in [5.74, 6) is -0.277. The number of aliphatic imine (C=N–C) groups is 1. The third-order valence-electron chi connectivity index (χ3n) is 4.30. The van der Waals surface area contributed by atoms with Gasteiger partial charge in [-0.1, -0.05) is 37.3 Å². The van der Waals surface area contributed by atoms with Gasteiger partial charge in [0.25, 0.3) is 0 Å². The maximum atomic E-state index is 13.3. The number of nitrogens with one attached hydrogen (secondary N) is 2. The molecule has 156 valence electrons. The number of carbonyl (C=O) groups is 1. The van der Waals surface area contributed by atoms with Gasteiger partial charge in [-0.15, -0.1) is 0 Å². The van der Waals surface area contributed by atoms with Crippen LogP contribution in [-0.4, -0.2) is 50.0 Å². The summed E-state index contributed by atoms with van der Waals surface area (Å²) < 4.78 is 40.0. The Morgan fingerprint density at radius 2 is 1.86 bits per heavy atom. The van der Waals surface area contributed by atoms with Crippen LogP contribution in [0, 0.1) is 0 Å². The standard InChI is InChI=1S/C20H29F3N4O/c1-13(2)11-24-19(25-12-18(28)27(5)6)26-15(4)14(3)16-9-7-8-10-17(16)20(21,22)23/h7-10,14-15H,1,11-12H2,2-6H3,(H2,24,25,26). The van der Waals surface area contributed by atoms with Gasteiger partial charge in [0.1, 0.15) is 6.54 Å². The first kappa shape index (κ1) is 23.5. The monoisotopic (exact) mass is 398 g/mol. The van der Waals surface area contributed by atoms with Crippen molar-refractivity contribution < 1.29 is 18.0 Å². The average Bonchev–Trinajstić information content (AvgIpc) is 2.61. The highest BCUT2D eigenvalue weighted by molar-refractivity contribution is 5.85. The molecule has 2 unspecified atom stereocenters. The summed E-state index contributed by atoms with van der Waals surface area (Å²) in [5.41, 5.74) is 0.419. The van der Waals surface area contributed by atoms with E-state index in [2.05, 4.69) is 22.2 Å². The largest absolute Gasteiger partial charge is 0.416 e. The number of nitrogens with zero attached hydrogens (tertiary/aromatic N) is 2. The second-order valence-corrected chi connectivity index (χ2v) is 7.07. The van der Waals surface area contributed by atoms with E-state index in [1.54, 1.807) is 34.0 Å². The van der Waals surface area contributed by atoms with Gasteiger partial charge in [-0.2, -0.15) is 13.2 Å². The summed E-state index contributed by atoms with van der Waals surface area (Å²) in [7, 11) is 3.26. The Hall–Kier alpha value is -2.51. The SMILES string of the molecule is C=C(C)CNC(=NCC(=O)N(C)C)NC(C)C(C)c1ccccc1C(F)(F)F. The lowest BCUT2D eigenvalue weighted by atomic mass is 9.90. The van der Waals surface area contributed by atoms with Crippen LogP contribution in [0.1, 0.15) is 37.8 Å². The van der Waals surface area contributed by atoms with Crippen LogP contribution >= 0.6 is 0 Å². The topological polar surface area (TPSA) is 56.7 Å². The number of benzene rings is 1. The van der Waals surface area contributed by atoms with Crippen LogP contribution < -0.4 is 10.6 Å². The Labute approximate surface area is 164 Å². The van der Waals surface area contributed by atoms with E-state index in [4.69, 9.17) is 0 Å². The fraction of sp³-hybridized carbons (Fsp3) is 0.500. The molecule has 0 aliphatic carbocycles. The molecule has 1 amide bonds. The van der Waals surface area contributed by atoms with Gasteiger partial charge in [0.05, 0.1) is 5.56 Å². The van der Waals surface area contributed by atoms with Crippen LogP contribution in [0.4, 0.5) is 13.2 Å². The number of hydrogen-bond donors (Lipinski definition) is 2. The smallest absolute Gasteiger partial charge is 0.353 e. The number of alkyl halides is 3. The highest BCUT2D eigenvalue weighted by Crippen LogP contribution is 2.35. The lowest BCUT2D eigenvalue weighted by Gasteiger charge is -2.26. The molecule has 1 aromatic rings. The van der Waals surface area contributed by atoms with Gasteiger partial charge in [-0.3, -0.25) is 4.79 Å². The van der Waals surface area contributed by atoms with E-state index in [0.29, 0.717) is 12.5 Å². The van der Waals surface area contributed by atoms with E-state index in [1.807, 2.05) is 6.92 Å². The summed E-state index contributed by atoms with van der Waals surface area (Å²) in [4.78, 5) is 17.5. The van der Waals surface area contributed by atoms with Crippen LogP contribution in [0.15, 0.2) is 41.4 Å². The molecule has 0 saturated heterocycles. The quantitative estimate of drug-likeness (QED) is 0.421. The Kier molecular flexibility index (Phi) is 8.53. The molecule has 1 aromatic carbocycles. The van der Waals surface area contributed by atoms with Gasteiger partial charge in [-0.25, -0.2) is 4.99 Å². The molecule has 0 radical (unpaired) electrons. The van der Waals surface area contributed by atoms with Crippen LogP contribution in [0.3, 0.4) is 0 Å². The molecule has 28 heavy (non-hydrogen) atoms. The molecular formula is C20H29F3N4O. The lowest BCUT2D eigenvalue weighted by Crippen LogP contribution is -2.45. The maximum absolute atomic E-state index is 13.3. The van der Waals surface area contributed by atoms with E-state index in [0.717, 1.165) is 11.6 Å². The van der Waals surface area contributed by atoms with Crippen LogP contribution in [0.25, 0.3) is 0 Å². The fourth-order valence-electron chi connectivity index (χ4n) is 2.44. The zero-order chi connectivity index (χ0) is 21.5. The van der Waals surface area contributed by atoms with Crippen molar-refractivity contribution in [1.29, 1.82) is 0 Å². The highest BCUT2D eigenvalue weighted by Gasteiger charge is 2.35. The summed E-state index contributed by atoms with van der Waals surface area (Å²) in [6, 6.07) is 5.18. The van der Waals surface area contributed by atoms with Crippen molar-refractivity contribution in [3.63, 3.8) is 0 Å². The van der Waals surface area contributed by atoms with E-state index in [9.17, 15) is 18.0 Å². The molecule has 2 atom stereocenters. The predicted octanol–water partition coefficient (Wildman–Crippen LogP) is 3.40. The number of carbonyl (C=O) groups excluding carboxylic acids is 1. The van der Waals surface area contributed by atoms with Gasteiger partial charge >= 0.3 is 6.18 Å². The lowest BCUT2D eigenvalue weighted by molar-refractivity contribution is -0.138. The molecule has 0 aliphatic rings. The molecular weight excluding hydrogens is 369 g/mol. The van der Waals surface area contributed by atoms with Crippen molar-refractivity contribution in [2.45, 2.75) is 38.9 Å². The Bertz CT molecular complexity index is 714. The van der Waals surface area contributed by atoms with Crippen molar-refractivity contribution in [3.8, 4) is 0 Å². The van der Waals surface area contributed by atoms with Crippen LogP contribution in [-0.2, 0) is 11.0 Å². The number of guanidine groups is 1. The third-order valence-corrected chi connectivity index (χ3v) is 4.30. The summed E-state index contributed by atoms with van der Waals surface area (Å²) >= 11 is 0. The maximum Gasteiger partial charge on any atom is 0.416 e. The second kappa shape index (κ2) is 10.1. The molecule has 0 saturated carbocycles. The van der Waals surface area contributed by atoms with Crippen molar-refractivity contribution in [2.75, 3.05) is 27.2 Å². The average molecular weight is 398 g/mol. The molecule has 1 rings (SSSR count). The van der Waals surface area contributed by atoms with Crippen LogP contribution in [0.5, 0.6) is 0 Å². The first-order valence-corrected chi connectivity index (χ1v) is 8.99. The minimum Gasteiger partial charge on any atom is -0.353 e. The molecule has 8 heteroatoms. The summed E-state index contributed by atoms with van der Waals surface area (Å²) in [6.45, 7) is 9.51. The van der Waals surface area contributed by atoms with Gasteiger partial charge in [0.2, 0.25) is 5.91 Å². The number of hydrogen-bond acceptors (Lipinski definition) is 2. The number of likely N-dealkylation sites (N-methyl/N-ethyl adjacent to an activating group) is 1. The highest BCUT2D eigenvalue weighted by atomic mass is 19.4. The van der Waals surface area contributed by atoms with Gasteiger partial charge in [-0.05, 0) is 25.5 Å². The molecule has 0 aliphatic heterocycles. The minimum atomic E-state index is -4.42. The Morgan fingerprint density at radius 1 is 1.25 bits per heavy atom. The molecule has 5 nitrogen and oxygen atoms in total. The van der Waals surface area contributed by atoms with Crippen molar-refractivity contribution in [3.05, 3.63) is 47.5 Å². The molecule has 0 spiro atoms. The number of amides is 1. The third kappa shape index (κ3) is 7.25.